The third kappa shape index (κ3) is 2.86. The van der Waals surface area contributed by atoms with E-state index in [1.54, 1.807) is 6.20 Å². The maximum atomic E-state index is 7.55. The minimum absolute atomic E-state index is 0.0500. The van der Waals surface area contributed by atoms with Crippen molar-refractivity contribution in [3.05, 3.63) is 29.6 Å². The molecule has 1 aliphatic rings. The minimum Gasteiger partial charge on any atom is -0.382 e. The van der Waals surface area contributed by atoms with Crippen molar-refractivity contribution in [1.29, 1.82) is 5.41 Å². The molecule has 1 saturated heterocycles. The van der Waals surface area contributed by atoms with Crippen molar-refractivity contribution >= 4 is 5.84 Å². The Kier molecular flexibility index (Phi) is 3.93. The summed E-state index contributed by atoms with van der Waals surface area (Å²) in [4.78, 5) is 8.86. The van der Waals surface area contributed by atoms with E-state index in [4.69, 9.17) is 11.1 Å². The van der Waals surface area contributed by atoms with Crippen LogP contribution in [0.4, 0.5) is 0 Å². The smallest absolute Gasteiger partial charge is 0.142 e. The minimum atomic E-state index is 0.0500. The first kappa shape index (κ1) is 13.0. The Labute approximate surface area is 108 Å². The van der Waals surface area contributed by atoms with Crippen LogP contribution in [0.2, 0.25) is 0 Å². The van der Waals surface area contributed by atoms with Gasteiger partial charge in [-0.2, -0.15) is 0 Å². The number of nitrogens with two attached hydrogens (primary N) is 1. The summed E-state index contributed by atoms with van der Waals surface area (Å²) in [7, 11) is 4.25. The van der Waals surface area contributed by atoms with Gasteiger partial charge in [-0.25, -0.2) is 0 Å². The summed E-state index contributed by atoms with van der Waals surface area (Å²) in [5.41, 5.74) is 7.22. The normalized spacial score (nSPS) is 20.5. The van der Waals surface area contributed by atoms with E-state index in [2.05, 4.69) is 28.9 Å². The van der Waals surface area contributed by atoms with E-state index < -0.39 is 0 Å². The fraction of sp³-hybridized carbons (Fsp3) is 0.538. The maximum absolute atomic E-state index is 7.55. The molecule has 0 aromatic carbocycles. The largest absolute Gasteiger partial charge is 0.382 e. The van der Waals surface area contributed by atoms with Gasteiger partial charge in [-0.05, 0) is 32.1 Å². The summed E-state index contributed by atoms with van der Waals surface area (Å²) in [6, 6.07) is 4.54. The van der Waals surface area contributed by atoms with Crippen LogP contribution in [0, 0.1) is 5.41 Å². The molecule has 0 aliphatic carbocycles. The number of pyridine rings is 1. The summed E-state index contributed by atoms with van der Waals surface area (Å²) < 4.78 is 0. The molecule has 5 heteroatoms. The molecule has 98 valence electrons. The SMILES string of the molecule is CN(C)C1CCN(Cc2cccnc2C(=N)N)C1. The molecule has 0 spiro atoms. The number of nitrogen functional groups attached to an aromatic ring is 1. The molecule has 1 aromatic rings. The van der Waals surface area contributed by atoms with E-state index in [0.29, 0.717) is 11.7 Å². The van der Waals surface area contributed by atoms with E-state index in [9.17, 15) is 0 Å². The lowest BCUT2D eigenvalue weighted by molar-refractivity contribution is 0.264. The quantitative estimate of drug-likeness (QED) is 0.600. The van der Waals surface area contributed by atoms with Gasteiger partial charge < -0.3 is 10.6 Å². The zero-order valence-corrected chi connectivity index (χ0v) is 11.1. The molecule has 2 heterocycles. The highest BCUT2D eigenvalue weighted by Crippen LogP contribution is 2.17. The van der Waals surface area contributed by atoms with Crippen LogP contribution in [0.1, 0.15) is 17.7 Å². The molecular weight excluding hydrogens is 226 g/mol. The number of likely N-dealkylation sites (tertiary alicyclic amines) is 1. The number of hydrogen-bond acceptors (Lipinski definition) is 4. The fourth-order valence-electron chi connectivity index (χ4n) is 2.43. The van der Waals surface area contributed by atoms with E-state index in [0.717, 1.165) is 25.2 Å². The fourth-order valence-corrected chi connectivity index (χ4v) is 2.43. The van der Waals surface area contributed by atoms with Gasteiger partial charge in [0.25, 0.3) is 0 Å². The van der Waals surface area contributed by atoms with Crippen LogP contribution in [-0.2, 0) is 6.54 Å². The van der Waals surface area contributed by atoms with Gasteiger partial charge in [-0.3, -0.25) is 15.3 Å². The molecular formula is C13H21N5. The van der Waals surface area contributed by atoms with Gasteiger partial charge in [0.1, 0.15) is 11.5 Å². The Morgan fingerprint density at radius 3 is 3.00 bits per heavy atom. The van der Waals surface area contributed by atoms with E-state index >= 15 is 0 Å². The van der Waals surface area contributed by atoms with E-state index in [1.165, 1.54) is 6.42 Å². The molecule has 1 aliphatic heterocycles. The summed E-state index contributed by atoms with van der Waals surface area (Å²) in [5, 5.41) is 7.55. The Balaban J connectivity index is 2.05. The molecule has 3 N–H and O–H groups in total. The van der Waals surface area contributed by atoms with Crippen LogP contribution in [0.5, 0.6) is 0 Å². The van der Waals surface area contributed by atoms with Crippen LogP contribution in [0.15, 0.2) is 18.3 Å². The lowest BCUT2D eigenvalue weighted by Crippen LogP contribution is -2.31. The molecule has 0 bridgehead atoms. The molecule has 1 fully saturated rings. The Bertz CT molecular complexity index is 429. The molecule has 1 aromatic heterocycles. The van der Waals surface area contributed by atoms with Crippen LogP contribution in [0.3, 0.4) is 0 Å². The number of aromatic nitrogens is 1. The number of rotatable bonds is 4. The van der Waals surface area contributed by atoms with Crippen LogP contribution < -0.4 is 5.73 Å². The Morgan fingerprint density at radius 2 is 2.39 bits per heavy atom. The molecule has 5 nitrogen and oxygen atoms in total. The lowest BCUT2D eigenvalue weighted by Gasteiger charge is -2.20. The summed E-state index contributed by atoms with van der Waals surface area (Å²) >= 11 is 0. The van der Waals surface area contributed by atoms with Crippen molar-refractivity contribution in [1.82, 2.24) is 14.8 Å². The first-order chi connectivity index (χ1) is 8.58. The standard InChI is InChI=1S/C13H21N5/c1-17(2)11-5-7-18(9-11)8-10-4-3-6-16-12(10)13(14)15/h3-4,6,11H,5,7-9H2,1-2H3,(H3,14,15). The predicted octanol–water partition coefficient (Wildman–Crippen LogP) is 0.502. The maximum Gasteiger partial charge on any atom is 0.142 e. The molecule has 1 unspecified atom stereocenters. The van der Waals surface area contributed by atoms with Gasteiger partial charge in [0, 0.05) is 31.9 Å². The Hall–Kier alpha value is -1.46. The van der Waals surface area contributed by atoms with Gasteiger partial charge in [-0.15, -0.1) is 0 Å². The highest BCUT2D eigenvalue weighted by molar-refractivity contribution is 5.94. The van der Waals surface area contributed by atoms with Crippen molar-refractivity contribution in [3.8, 4) is 0 Å². The predicted molar refractivity (Wildman–Crippen MR) is 72.6 cm³/mol. The van der Waals surface area contributed by atoms with Gasteiger partial charge in [0.2, 0.25) is 0 Å². The van der Waals surface area contributed by atoms with E-state index in [-0.39, 0.29) is 5.84 Å². The highest BCUT2D eigenvalue weighted by Gasteiger charge is 2.24. The summed E-state index contributed by atoms with van der Waals surface area (Å²) in [5.74, 6) is 0.0500. The third-order valence-electron chi connectivity index (χ3n) is 3.52. The summed E-state index contributed by atoms with van der Waals surface area (Å²) in [6.07, 6.45) is 2.88. The van der Waals surface area contributed by atoms with Crippen LogP contribution in [0.25, 0.3) is 0 Å². The zero-order chi connectivity index (χ0) is 13.1. The van der Waals surface area contributed by atoms with Crippen molar-refractivity contribution in [2.45, 2.75) is 19.0 Å². The number of hydrogen-bond donors (Lipinski definition) is 2. The molecule has 0 amide bonds. The van der Waals surface area contributed by atoms with Crippen LogP contribution in [-0.4, -0.2) is 53.8 Å². The molecule has 0 radical (unpaired) electrons. The Morgan fingerprint density at radius 1 is 1.61 bits per heavy atom. The monoisotopic (exact) mass is 247 g/mol. The molecule has 18 heavy (non-hydrogen) atoms. The number of nitrogens with one attached hydrogen (secondary N) is 1. The second kappa shape index (κ2) is 5.46. The second-order valence-electron chi connectivity index (χ2n) is 5.07. The van der Waals surface area contributed by atoms with Gasteiger partial charge in [-0.1, -0.05) is 6.07 Å². The van der Waals surface area contributed by atoms with Crippen molar-refractivity contribution in [3.63, 3.8) is 0 Å². The van der Waals surface area contributed by atoms with Crippen molar-refractivity contribution in [2.75, 3.05) is 27.2 Å². The molecule has 1 atom stereocenters. The van der Waals surface area contributed by atoms with Crippen molar-refractivity contribution < 1.29 is 0 Å². The first-order valence-corrected chi connectivity index (χ1v) is 6.25. The lowest BCUT2D eigenvalue weighted by atomic mass is 10.1. The van der Waals surface area contributed by atoms with Gasteiger partial charge >= 0.3 is 0 Å². The zero-order valence-electron chi connectivity index (χ0n) is 11.1. The highest BCUT2D eigenvalue weighted by atomic mass is 15.2. The topological polar surface area (TPSA) is 69.2 Å². The van der Waals surface area contributed by atoms with Crippen LogP contribution >= 0.6 is 0 Å². The number of nitrogens with zero attached hydrogens (tertiary/aromatic N) is 3. The van der Waals surface area contributed by atoms with Gasteiger partial charge in [0.15, 0.2) is 0 Å². The average molecular weight is 247 g/mol. The van der Waals surface area contributed by atoms with Crippen molar-refractivity contribution in [2.24, 2.45) is 5.73 Å². The second-order valence-corrected chi connectivity index (χ2v) is 5.07. The number of amidine groups is 1. The molecule has 2 rings (SSSR count). The third-order valence-corrected chi connectivity index (χ3v) is 3.52. The first-order valence-electron chi connectivity index (χ1n) is 6.25. The van der Waals surface area contributed by atoms with Gasteiger partial charge in [0.05, 0.1) is 0 Å². The average Bonchev–Trinajstić information content (AvgIpc) is 2.78. The molecule has 0 saturated carbocycles. The summed E-state index contributed by atoms with van der Waals surface area (Å²) in [6.45, 7) is 2.99. The van der Waals surface area contributed by atoms with E-state index in [1.807, 2.05) is 12.1 Å². The number of likely N-dealkylation sites (N-methyl/N-ethyl adjacent to an activating group) is 1.